The molecular formula is C21H28N4O3. The number of hydrogen-bond donors (Lipinski definition) is 2. The second-order valence-corrected chi connectivity index (χ2v) is 7.12. The zero-order chi connectivity index (χ0) is 19.9. The molecule has 1 aromatic heterocycles. The SMILES string of the molecule is CCC(O)CN1CCN(C(=O)Nc2cccn(Cc3ccccc3)c2=O)CC1. The molecule has 1 unspecified atom stereocenters. The average Bonchev–Trinajstić information content (AvgIpc) is 2.72. The third kappa shape index (κ3) is 5.21. The minimum atomic E-state index is -0.326. The van der Waals surface area contributed by atoms with Crippen LogP contribution in [0, 0.1) is 0 Å². The van der Waals surface area contributed by atoms with Crippen LogP contribution in [-0.4, -0.2) is 64.3 Å². The lowest BCUT2D eigenvalue weighted by Gasteiger charge is -2.35. The first-order valence-electron chi connectivity index (χ1n) is 9.76. The summed E-state index contributed by atoms with van der Waals surface area (Å²) in [6.07, 6.45) is 2.13. The summed E-state index contributed by atoms with van der Waals surface area (Å²) in [4.78, 5) is 29.1. The first-order valence-corrected chi connectivity index (χ1v) is 9.76. The molecule has 1 fully saturated rings. The van der Waals surface area contributed by atoms with Gasteiger partial charge in [-0.1, -0.05) is 37.3 Å². The summed E-state index contributed by atoms with van der Waals surface area (Å²) < 4.78 is 1.59. The van der Waals surface area contributed by atoms with Crippen LogP contribution in [0.3, 0.4) is 0 Å². The van der Waals surface area contributed by atoms with E-state index in [0.29, 0.717) is 26.2 Å². The van der Waals surface area contributed by atoms with Crippen molar-refractivity contribution in [2.75, 3.05) is 38.0 Å². The molecular weight excluding hydrogens is 356 g/mol. The maximum atomic E-state index is 12.7. The van der Waals surface area contributed by atoms with E-state index < -0.39 is 0 Å². The van der Waals surface area contributed by atoms with Crippen LogP contribution in [0.25, 0.3) is 0 Å². The van der Waals surface area contributed by atoms with Crippen molar-refractivity contribution in [1.82, 2.24) is 14.4 Å². The van der Waals surface area contributed by atoms with Gasteiger partial charge in [0.05, 0.1) is 12.6 Å². The molecule has 0 aliphatic carbocycles. The van der Waals surface area contributed by atoms with Crippen molar-refractivity contribution in [2.24, 2.45) is 0 Å². The predicted molar refractivity (Wildman–Crippen MR) is 110 cm³/mol. The van der Waals surface area contributed by atoms with Gasteiger partial charge in [-0.05, 0) is 24.1 Å². The van der Waals surface area contributed by atoms with Gasteiger partial charge in [-0.15, -0.1) is 0 Å². The lowest BCUT2D eigenvalue weighted by atomic mass is 10.2. The van der Waals surface area contributed by atoms with E-state index in [-0.39, 0.29) is 23.4 Å². The van der Waals surface area contributed by atoms with Crippen molar-refractivity contribution in [2.45, 2.75) is 26.0 Å². The van der Waals surface area contributed by atoms with Gasteiger partial charge in [0.25, 0.3) is 5.56 Å². The average molecular weight is 384 g/mol. The van der Waals surface area contributed by atoms with Gasteiger partial charge in [-0.2, -0.15) is 0 Å². The second kappa shape index (κ2) is 9.52. The van der Waals surface area contributed by atoms with Crippen LogP contribution >= 0.6 is 0 Å². The van der Waals surface area contributed by atoms with E-state index in [9.17, 15) is 14.7 Å². The molecule has 2 N–H and O–H groups in total. The van der Waals surface area contributed by atoms with Crippen molar-refractivity contribution >= 4 is 11.7 Å². The van der Waals surface area contributed by atoms with Gasteiger partial charge in [-0.3, -0.25) is 9.69 Å². The minimum Gasteiger partial charge on any atom is -0.392 e. The molecule has 28 heavy (non-hydrogen) atoms. The smallest absolute Gasteiger partial charge is 0.322 e. The number of carbonyl (C=O) groups is 1. The second-order valence-electron chi connectivity index (χ2n) is 7.12. The van der Waals surface area contributed by atoms with E-state index in [2.05, 4.69) is 10.2 Å². The number of rotatable bonds is 6. The Morgan fingerprint density at radius 1 is 1.11 bits per heavy atom. The van der Waals surface area contributed by atoms with Gasteiger partial charge in [0.15, 0.2) is 0 Å². The summed E-state index contributed by atoms with van der Waals surface area (Å²) in [5.74, 6) is 0. The fourth-order valence-electron chi connectivity index (χ4n) is 3.29. The molecule has 0 bridgehead atoms. The molecule has 1 aliphatic rings. The van der Waals surface area contributed by atoms with Crippen molar-refractivity contribution in [3.05, 3.63) is 64.6 Å². The highest BCUT2D eigenvalue weighted by molar-refractivity contribution is 5.89. The lowest BCUT2D eigenvalue weighted by molar-refractivity contribution is 0.0812. The normalized spacial score (nSPS) is 16.0. The van der Waals surface area contributed by atoms with E-state index in [1.165, 1.54) is 0 Å². The molecule has 7 heteroatoms. The van der Waals surface area contributed by atoms with E-state index in [1.807, 2.05) is 37.3 Å². The Morgan fingerprint density at radius 3 is 2.50 bits per heavy atom. The monoisotopic (exact) mass is 384 g/mol. The number of hydrogen-bond acceptors (Lipinski definition) is 4. The molecule has 1 aliphatic heterocycles. The number of pyridine rings is 1. The quantitative estimate of drug-likeness (QED) is 0.796. The molecule has 0 spiro atoms. The number of nitrogens with one attached hydrogen (secondary N) is 1. The Labute approximate surface area is 165 Å². The van der Waals surface area contributed by atoms with Crippen LogP contribution in [0.2, 0.25) is 0 Å². The van der Waals surface area contributed by atoms with Crippen LogP contribution in [0.4, 0.5) is 10.5 Å². The van der Waals surface area contributed by atoms with E-state index >= 15 is 0 Å². The maximum absolute atomic E-state index is 12.7. The van der Waals surface area contributed by atoms with E-state index in [0.717, 1.165) is 25.1 Å². The number of carbonyl (C=O) groups excluding carboxylic acids is 1. The van der Waals surface area contributed by atoms with Crippen molar-refractivity contribution < 1.29 is 9.90 Å². The highest BCUT2D eigenvalue weighted by Crippen LogP contribution is 2.08. The molecule has 2 amide bonds. The Balaban J connectivity index is 1.59. The molecule has 1 aromatic carbocycles. The minimum absolute atomic E-state index is 0.218. The van der Waals surface area contributed by atoms with Gasteiger partial charge < -0.3 is 19.9 Å². The Bertz CT molecular complexity index is 829. The van der Waals surface area contributed by atoms with Crippen LogP contribution in [0.15, 0.2) is 53.5 Å². The Kier molecular flexibility index (Phi) is 6.84. The molecule has 0 saturated carbocycles. The summed E-state index contributed by atoms with van der Waals surface area (Å²) in [5, 5.41) is 12.5. The fraction of sp³-hybridized carbons (Fsp3) is 0.429. The van der Waals surface area contributed by atoms with Crippen LogP contribution in [0.5, 0.6) is 0 Å². The van der Waals surface area contributed by atoms with Crippen molar-refractivity contribution in [3.63, 3.8) is 0 Å². The first kappa shape index (κ1) is 20.1. The molecule has 3 rings (SSSR count). The molecule has 150 valence electrons. The molecule has 2 heterocycles. The highest BCUT2D eigenvalue weighted by atomic mass is 16.3. The van der Waals surface area contributed by atoms with Crippen molar-refractivity contribution in [3.8, 4) is 0 Å². The van der Waals surface area contributed by atoms with Gasteiger partial charge in [0, 0.05) is 38.9 Å². The summed E-state index contributed by atoms with van der Waals surface area (Å²) in [7, 11) is 0. The Hall–Kier alpha value is -2.64. The van der Waals surface area contributed by atoms with Gasteiger partial charge in [0.2, 0.25) is 0 Å². The molecule has 2 aromatic rings. The zero-order valence-electron chi connectivity index (χ0n) is 16.3. The number of amides is 2. The highest BCUT2D eigenvalue weighted by Gasteiger charge is 2.22. The number of nitrogens with zero attached hydrogens (tertiary/aromatic N) is 3. The standard InChI is InChI=1S/C21H28N4O3/c1-2-18(26)16-23-11-13-24(14-12-23)21(28)22-19-9-6-10-25(20(19)27)15-17-7-4-3-5-8-17/h3-10,18,26H,2,11-16H2,1H3,(H,22,28). The number of anilines is 1. The molecule has 7 nitrogen and oxygen atoms in total. The van der Waals surface area contributed by atoms with Crippen LogP contribution < -0.4 is 10.9 Å². The topological polar surface area (TPSA) is 77.8 Å². The third-order valence-electron chi connectivity index (χ3n) is 5.06. The largest absolute Gasteiger partial charge is 0.392 e. The summed E-state index contributed by atoms with van der Waals surface area (Å²) >= 11 is 0. The predicted octanol–water partition coefficient (Wildman–Crippen LogP) is 1.82. The summed E-state index contributed by atoms with van der Waals surface area (Å²) in [5.41, 5.74) is 1.09. The van der Waals surface area contributed by atoms with Crippen LogP contribution in [0.1, 0.15) is 18.9 Å². The molecule has 1 atom stereocenters. The fourth-order valence-corrected chi connectivity index (χ4v) is 3.29. The first-order chi connectivity index (χ1) is 13.6. The zero-order valence-corrected chi connectivity index (χ0v) is 16.3. The van der Waals surface area contributed by atoms with Gasteiger partial charge >= 0.3 is 6.03 Å². The number of urea groups is 1. The third-order valence-corrected chi connectivity index (χ3v) is 5.06. The van der Waals surface area contributed by atoms with E-state index in [1.54, 1.807) is 27.8 Å². The number of aliphatic hydroxyl groups excluding tert-OH is 1. The Morgan fingerprint density at radius 2 is 1.82 bits per heavy atom. The van der Waals surface area contributed by atoms with Crippen molar-refractivity contribution in [1.29, 1.82) is 0 Å². The van der Waals surface area contributed by atoms with E-state index in [4.69, 9.17) is 0 Å². The maximum Gasteiger partial charge on any atom is 0.322 e. The lowest BCUT2D eigenvalue weighted by Crippen LogP contribution is -2.51. The van der Waals surface area contributed by atoms with Gasteiger partial charge in [-0.25, -0.2) is 4.79 Å². The molecule has 0 radical (unpaired) electrons. The summed E-state index contributed by atoms with van der Waals surface area (Å²) in [6.45, 7) is 5.64. The summed E-state index contributed by atoms with van der Waals surface area (Å²) in [6, 6.07) is 12.9. The number of aliphatic hydroxyl groups is 1. The van der Waals surface area contributed by atoms with Crippen LogP contribution in [-0.2, 0) is 6.54 Å². The number of β-amino-alcohol motifs (C(OH)–C–C–N with tert-alkyl or cyclic N) is 1. The number of aromatic nitrogens is 1. The molecule has 1 saturated heterocycles. The van der Waals surface area contributed by atoms with Gasteiger partial charge in [0.1, 0.15) is 5.69 Å². The number of benzene rings is 1. The number of piperazine rings is 1.